The number of aliphatic hydroxyl groups excluding tert-OH is 1. The molecule has 0 aliphatic carbocycles. The molecule has 20 heavy (non-hydrogen) atoms. The van der Waals surface area contributed by atoms with E-state index in [-0.39, 0.29) is 26.4 Å². The van der Waals surface area contributed by atoms with E-state index >= 15 is 0 Å². The van der Waals surface area contributed by atoms with Gasteiger partial charge in [0, 0.05) is 0 Å². The Kier molecular flexibility index (Phi) is 8.71. The Morgan fingerprint density at radius 3 is 1.20 bits per heavy atom. The fourth-order valence-corrected chi connectivity index (χ4v) is 6.07. The van der Waals surface area contributed by atoms with Crippen molar-refractivity contribution >= 4 is 15.2 Å². The molecule has 10 heteroatoms. The summed E-state index contributed by atoms with van der Waals surface area (Å²) in [6, 6.07) is 0. The predicted molar refractivity (Wildman–Crippen MR) is 73.8 cm³/mol. The zero-order chi connectivity index (χ0) is 15.9. The molecule has 0 aliphatic rings. The minimum absolute atomic E-state index is 0.0716. The van der Waals surface area contributed by atoms with Crippen LogP contribution >= 0.6 is 15.2 Å². The number of aliphatic hydroxyl groups is 2. The SMILES string of the molecule is CCOP(=O)(OCC)C(O)(CO)P(=O)(OCC)OCC. The third kappa shape index (κ3) is 3.90. The lowest BCUT2D eigenvalue weighted by Crippen LogP contribution is -2.36. The molecular weight excluding hydrogens is 310 g/mol. The van der Waals surface area contributed by atoms with E-state index in [1.54, 1.807) is 0 Å². The smallest absolute Gasteiger partial charge is 0.377 e. The summed E-state index contributed by atoms with van der Waals surface area (Å²) in [6.45, 7) is 4.66. The van der Waals surface area contributed by atoms with E-state index < -0.39 is 26.9 Å². The summed E-state index contributed by atoms with van der Waals surface area (Å²) in [5.41, 5.74) is 0. The van der Waals surface area contributed by atoms with Crippen LogP contribution in [0.2, 0.25) is 0 Å². The summed E-state index contributed by atoms with van der Waals surface area (Å²) in [6.07, 6.45) is 0. The van der Waals surface area contributed by atoms with E-state index in [9.17, 15) is 19.3 Å². The van der Waals surface area contributed by atoms with Crippen LogP contribution in [0.3, 0.4) is 0 Å². The highest BCUT2D eigenvalue weighted by molar-refractivity contribution is 7.73. The maximum atomic E-state index is 12.7. The van der Waals surface area contributed by atoms with Crippen LogP contribution in [0.25, 0.3) is 0 Å². The Hall–Kier alpha value is 0.220. The molecule has 0 rings (SSSR count). The van der Waals surface area contributed by atoms with Crippen LogP contribution in [-0.2, 0) is 27.2 Å². The Morgan fingerprint density at radius 1 is 0.800 bits per heavy atom. The van der Waals surface area contributed by atoms with Crippen molar-refractivity contribution in [3.05, 3.63) is 0 Å². The molecule has 0 fully saturated rings. The minimum atomic E-state index is -4.33. The minimum Gasteiger partial charge on any atom is -0.392 e. The molecule has 0 unspecified atom stereocenters. The lowest BCUT2D eigenvalue weighted by molar-refractivity contribution is 0.0435. The average Bonchev–Trinajstić information content (AvgIpc) is 2.38. The van der Waals surface area contributed by atoms with Gasteiger partial charge in [-0.3, -0.25) is 9.13 Å². The van der Waals surface area contributed by atoms with Gasteiger partial charge < -0.3 is 28.3 Å². The van der Waals surface area contributed by atoms with Crippen LogP contribution in [0.15, 0.2) is 0 Å². The summed E-state index contributed by atoms with van der Waals surface area (Å²) in [5.74, 6) is 0. The normalized spacial score (nSPS) is 13.7. The molecule has 0 aliphatic heterocycles. The first kappa shape index (κ1) is 20.2. The summed E-state index contributed by atoms with van der Waals surface area (Å²) < 4.78 is 45.2. The molecule has 0 saturated carbocycles. The Balaban J connectivity index is 5.83. The predicted octanol–water partition coefficient (Wildman–Crippen LogP) is 2.16. The van der Waals surface area contributed by atoms with Crippen LogP contribution in [0.5, 0.6) is 0 Å². The van der Waals surface area contributed by atoms with Gasteiger partial charge >= 0.3 is 15.2 Å². The van der Waals surface area contributed by atoms with Gasteiger partial charge in [0.2, 0.25) is 0 Å². The fourth-order valence-electron chi connectivity index (χ4n) is 1.49. The molecule has 0 saturated heterocycles. The summed E-state index contributed by atoms with van der Waals surface area (Å²) in [5, 5.41) is 17.2. The molecule has 0 bridgehead atoms. The fraction of sp³-hybridized carbons (Fsp3) is 1.00. The van der Waals surface area contributed by atoms with Crippen LogP contribution in [-0.4, -0.2) is 48.3 Å². The second kappa shape index (κ2) is 8.61. The maximum absolute atomic E-state index is 12.7. The van der Waals surface area contributed by atoms with Crippen molar-refractivity contribution in [2.45, 2.75) is 32.8 Å². The van der Waals surface area contributed by atoms with Gasteiger partial charge in [-0.2, -0.15) is 0 Å². The maximum Gasteiger partial charge on any atom is 0.377 e. The quantitative estimate of drug-likeness (QED) is 0.553. The lowest BCUT2D eigenvalue weighted by atomic mass is 10.8. The largest absolute Gasteiger partial charge is 0.392 e. The molecule has 0 amide bonds. The average molecular weight is 334 g/mol. The number of hydrogen-bond acceptors (Lipinski definition) is 8. The van der Waals surface area contributed by atoms with Crippen LogP contribution in [0, 0.1) is 0 Å². The molecule has 0 atom stereocenters. The van der Waals surface area contributed by atoms with Gasteiger partial charge in [0.25, 0.3) is 5.08 Å². The molecule has 0 spiro atoms. The van der Waals surface area contributed by atoms with Crippen molar-refractivity contribution in [1.29, 1.82) is 0 Å². The summed E-state index contributed by atoms with van der Waals surface area (Å²) in [4.78, 5) is 0. The van der Waals surface area contributed by atoms with E-state index in [0.717, 1.165) is 0 Å². The number of rotatable bonds is 11. The van der Waals surface area contributed by atoms with E-state index in [0.29, 0.717) is 0 Å². The third-order valence-electron chi connectivity index (χ3n) is 2.29. The van der Waals surface area contributed by atoms with Crippen LogP contribution in [0.4, 0.5) is 0 Å². The van der Waals surface area contributed by atoms with Crippen molar-refractivity contribution < 1.29 is 37.4 Å². The second-order valence-electron chi connectivity index (χ2n) is 3.60. The van der Waals surface area contributed by atoms with Crippen LogP contribution in [0.1, 0.15) is 27.7 Å². The second-order valence-corrected chi connectivity index (χ2v) is 8.45. The van der Waals surface area contributed by atoms with Gasteiger partial charge in [-0.1, -0.05) is 0 Å². The van der Waals surface area contributed by atoms with Crippen molar-refractivity contribution in [2.24, 2.45) is 0 Å². The highest BCUT2D eigenvalue weighted by atomic mass is 31.2. The molecule has 8 nitrogen and oxygen atoms in total. The first-order chi connectivity index (χ1) is 9.30. The van der Waals surface area contributed by atoms with Crippen molar-refractivity contribution in [1.82, 2.24) is 0 Å². The van der Waals surface area contributed by atoms with Crippen molar-refractivity contribution in [3.8, 4) is 0 Å². The molecule has 2 N–H and O–H groups in total. The van der Waals surface area contributed by atoms with Gasteiger partial charge in [-0.25, -0.2) is 0 Å². The van der Waals surface area contributed by atoms with E-state index in [1.807, 2.05) is 0 Å². The van der Waals surface area contributed by atoms with Gasteiger partial charge in [-0.05, 0) is 27.7 Å². The topological polar surface area (TPSA) is 112 Å². The number of hydrogen-bond donors (Lipinski definition) is 2. The first-order valence-electron chi connectivity index (χ1n) is 6.42. The molecule has 0 heterocycles. The van der Waals surface area contributed by atoms with Gasteiger partial charge in [0.1, 0.15) is 0 Å². The van der Waals surface area contributed by atoms with Crippen molar-refractivity contribution in [2.75, 3.05) is 33.0 Å². The van der Waals surface area contributed by atoms with Gasteiger partial charge in [0.05, 0.1) is 33.0 Å². The van der Waals surface area contributed by atoms with E-state index in [4.69, 9.17) is 18.1 Å². The highest BCUT2D eigenvalue weighted by Gasteiger charge is 2.64. The third-order valence-corrected chi connectivity index (χ3v) is 8.18. The van der Waals surface area contributed by atoms with E-state index in [1.165, 1.54) is 27.7 Å². The Labute approximate surface area is 119 Å². The summed E-state index contributed by atoms with van der Waals surface area (Å²) >= 11 is 0. The monoisotopic (exact) mass is 334 g/mol. The molecule has 0 radical (unpaired) electrons. The zero-order valence-electron chi connectivity index (χ0n) is 12.3. The van der Waals surface area contributed by atoms with Crippen LogP contribution < -0.4 is 0 Å². The zero-order valence-corrected chi connectivity index (χ0v) is 14.1. The molecular formula is C10H24O8P2. The highest BCUT2D eigenvalue weighted by Crippen LogP contribution is 2.76. The summed E-state index contributed by atoms with van der Waals surface area (Å²) in [7, 11) is -8.66. The molecule has 122 valence electrons. The van der Waals surface area contributed by atoms with Gasteiger partial charge in [-0.15, -0.1) is 0 Å². The Morgan fingerprint density at radius 2 is 1.05 bits per heavy atom. The standard InChI is InChI=1S/C10H24O8P2/c1-5-15-19(13,16-6-2)10(12,9-11)20(14,17-7-3)18-8-4/h11-12H,5-9H2,1-4H3. The lowest BCUT2D eigenvalue weighted by Gasteiger charge is -2.36. The molecule has 0 aromatic heterocycles. The van der Waals surface area contributed by atoms with Gasteiger partial charge in [0.15, 0.2) is 0 Å². The van der Waals surface area contributed by atoms with E-state index in [2.05, 4.69) is 0 Å². The molecule has 0 aromatic rings. The Bertz CT molecular complexity index is 322. The van der Waals surface area contributed by atoms with Crippen molar-refractivity contribution in [3.63, 3.8) is 0 Å². The molecule has 0 aromatic carbocycles. The first-order valence-corrected chi connectivity index (χ1v) is 9.50.